The zero-order chi connectivity index (χ0) is 23.1. The number of aliphatic imine (C=N–C) groups is 1. The van der Waals surface area contributed by atoms with Crippen LogP contribution < -0.4 is 15.4 Å². The van der Waals surface area contributed by atoms with Crippen LogP contribution in [0, 0.1) is 0 Å². The molecular formula is C22H30F3IN4O2. The minimum Gasteiger partial charge on any atom is -0.488 e. The van der Waals surface area contributed by atoms with E-state index < -0.39 is 23.4 Å². The third-order valence-electron chi connectivity index (χ3n) is 4.12. The first-order chi connectivity index (χ1) is 14.5. The summed E-state index contributed by atoms with van der Waals surface area (Å²) in [5.74, 6) is 0.455. The number of hydrogen-bond acceptors (Lipinski definition) is 4. The number of hydrogen-bond donors (Lipinski definition) is 3. The Morgan fingerprint density at radius 1 is 1.12 bits per heavy atom. The average Bonchev–Trinajstić information content (AvgIpc) is 2.69. The van der Waals surface area contributed by atoms with Gasteiger partial charge in [-0.25, -0.2) is 4.99 Å². The summed E-state index contributed by atoms with van der Waals surface area (Å²) in [5, 5.41) is 16.2. The largest absolute Gasteiger partial charge is 0.488 e. The number of alkyl halides is 3. The van der Waals surface area contributed by atoms with Crippen LogP contribution in [0.15, 0.2) is 47.7 Å². The van der Waals surface area contributed by atoms with Gasteiger partial charge in [-0.05, 0) is 63.1 Å². The van der Waals surface area contributed by atoms with E-state index in [2.05, 4.69) is 20.6 Å². The molecule has 0 saturated carbocycles. The van der Waals surface area contributed by atoms with Crippen LogP contribution in [0.4, 0.5) is 13.2 Å². The van der Waals surface area contributed by atoms with E-state index in [-0.39, 0.29) is 48.4 Å². The molecule has 0 amide bonds. The minimum atomic E-state index is -4.54. The molecule has 10 heteroatoms. The summed E-state index contributed by atoms with van der Waals surface area (Å²) in [6.07, 6.45) is -2.20. The van der Waals surface area contributed by atoms with Crippen LogP contribution in [0.5, 0.6) is 5.75 Å². The zero-order valence-electron chi connectivity index (χ0n) is 18.5. The Hall–Kier alpha value is -2.08. The molecule has 2 aromatic rings. The molecule has 1 aromatic carbocycles. The lowest BCUT2D eigenvalue weighted by atomic mass is 10.1. The molecule has 0 radical (unpaired) electrons. The molecule has 1 atom stereocenters. The van der Waals surface area contributed by atoms with Gasteiger partial charge >= 0.3 is 6.18 Å². The van der Waals surface area contributed by atoms with Gasteiger partial charge in [0.25, 0.3) is 0 Å². The Kier molecular flexibility index (Phi) is 10.7. The molecule has 2 rings (SSSR count). The van der Waals surface area contributed by atoms with E-state index in [0.29, 0.717) is 18.1 Å². The molecule has 0 aliphatic rings. The third-order valence-corrected chi connectivity index (χ3v) is 4.12. The van der Waals surface area contributed by atoms with Gasteiger partial charge in [0.1, 0.15) is 11.4 Å². The van der Waals surface area contributed by atoms with E-state index in [1.807, 2.05) is 6.92 Å². The zero-order valence-corrected chi connectivity index (χ0v) is 20.9. The van der Waals surface area contributed by atoms with E-state index in [9.17, 15) is 18.3 Å². The van der Waals surface area contributed by atoms with Gasteiger partial charge in [-0.15, -0.1) is 24.0 Å². The van der Waals surface area contributed by atoms with Gasteiger partial charge in [0.05, 0.1) is 18.2 Å². The van der Waals surface area contributed by atoms with Gasteiger partial charge in [-0.3, -0.25) is 4.98 Å². The van der Waals surface area contributed by atoms with E-state index in [1.165, 1.54) is 12.1 Å². The first-order valence-electron chi connectivity index (χ1n) is 9.99. The number of aliphatic hydroxyl groups excluding tert-OH is 1. The molecule has 1 heterocycles. The minimum absolute atomic E-state index is 0. The summed E-state index contributed by atoms with van der Waals surface area (Å²) in [6.45, 7) is 7.62. The van der Waals surface area contributed by atoms with Gasteiger partial charge in [-0.1, -0.05) is 6.07 Å². The molecule has 0 fully saturated rings. The van der Waals surface area contributed by atoms with E-state index >= 15 is 0 Å². The van der Waals surface area contributed by atoms with E-state index in [1.54, 1.807) is 45.3 Å². The van der Waals surface area contributed by atoms with Crippen molar-refractivity contribution in [3.8, 4) is 5.75 Å². The van der Waals surface area contributed by atoms with E-state index in [4.69, 9.17) is 4.74 Å². The highest BCUT2D eigenvalue weighted by Gasteiger charge is 2.34. The Balaban J connectivity index is 0.00000512. The smallest absolute Gasteiger partial charge is 0.416 e. The Labute approximate surface area is 203 Å². The van der Waals surface area contributed by atoms with Gasteiger partial charge in [0.2, 0.25) is 0 Å². The fourth-order valence-corrected chi connectivity index (χ4v) is 2.78. The van der Waals surface area contributed by atoms with Crippen molar-refractivity contribution in [2.24, 2.45) is 4.99 Å². The lowest BCUT2D eigenvalue weighted by Crippen LogP contribution is -2.39. The van der Waals surface area contributed by atoms with Crippen LogP contribution in [0.2, 0.25) is 0 Å². The van der Waals surface area contributed by atoms with Gasteiger partial charge in [0, 0.05) is 25.5 Å². The topological polar surface area (TPSA) is 78.8 Å². The second kappa shape index (κ2) is 12.2. The highest BCUT2D eigenvalue weighted by Crippen LogP contribution is 2.35. The van der Waals surface area contributed by atoms with Crippen LogP contribution in [0.25, 0.3) is 0 Å². The molecule has 0 aliphatic carbocycles. The van der Waals surface area contributed by atoms with Gasteiger partial charge < -0.3 is 20.5 Å². The van der Waals surface area contributed by atoms with Gasteiger partial charge in [0.15, 0.2) is 5.96 Å². The number of nitrogens with one attached hydrogen (secondary N) is 2. The summed E-state index contributed by atoms with van der Waals surface area (Å²) in [5.41, 5.74) is -0.696. The monoisotopic (exact) mass is 566 g/mol. The molecule has 0 bridgehead atoms. The number of halogens is 4. The first kappa shape index (κ1) is 28.0. The number of nitrogens with zero attached hydrogens (tertiary/aromatic N) is 2. The van der Waals surface area contributed by atoms with Crippen molar-refractivity contribution in [2.45, 2.75) is 52.1 Å². The normalized spacial score (nSPS) is 13.2. The number of guanidine groups is 1. The summed E-state index contributed by atoms with van der Waals surface area (Å²) in [7, 11) is 0. The van der Waals surface area contributed by atoms with Crippen molar-refractivity contribution >= 4 is 29.9 Å². The SMILES string of the molecule is CCNC(=NCc1ccc(OC(C)(C)C)cc1C(F)(F)F)NCC(O)c1ccncc1.I. The van der Waals surface area contributed by atoms with Crippen LogP contribution >= 0.6 is 24.0 Å². The molecule has 0 saturated heterocycles. The fourth-order valence-electron chi connectivity index (χ4n) is 2.78. The molecule has 6 nitrogen and oxygen atoms in total. The lowest BCUT2D eigenvalue weighted by molar-refractivity contribution is -0.138. The maximum absolute atomic E-state index is 13.6. The van der Waals surface area contributed by atoms with Crippen LogP contribution in [0.3, 0.4) is 0 Å². The molecule has 178 valence electrons. The number of ether oxygens (including phenoxy) is 1. The highest BCUT2D eigenvalue weighted by atomic mass is 127. The number of aliphatic hydroxyl groups is 1. The predicted molar refractivity (Wildman–Crippen MR) is 129 cm³/mol. The van der Waals surface area contributed by atoms with E-state index in [0.717, 1.165) is 6.07 Å². The standard InChI is InChI=1S/C22H29F3N4O2.HI/c1-5-27-20(29-14-19(30)15-8-10-26-11-9-15)28-13-16-6-7-17(31-21(2,3)4)12-18(16)22(23,24)25;/h6-12,19,30H,5,13-14H2,1-4H3,(H2,27,28,29);1H. The van der Waals surface area contributed by atoms with Crippen molar-refractivity contribution in [2.75, 3.05) is 13.1 Å². The van der Waals surface area contributed by atoms with Crippen molar-refractivity contribution in [3.63, 3.8) is 0 Å². The lowest BCUT2D eigenvalue weighted by Gasteiger charge is -2.23. The second-order valence-corrected chi connectivity index (χ2v) is 7.90. The van der Waals surface area contributed by atoms with Crippen molar-refractivity contribution < 1.29 is 23.0 Å². The summed E-state index contributed by atoms with van der Waals surface area (Å²) >= 11 is 0. The number of benzene rings is 1. The van der Waals surface area contributed by atoms with Crippen LogP contribution in [0.1, 0.15) is 50.5 Å². The molecule has 0 spiro atoms. The second-order valence-electron chi connectivity index (χ2n) is 7.90. The number of pyridine rings is 1. The predicted octanol–water partition coefficient (Wildman–Crippen LogP) is 4.68. The number of aromatic nitrogens is 1. The fraction of sp³-hybridized carbons (Fsp3) is 0.455. The summed E-state index contributed by atoms with van der Waals surface area (Å²) in [4.78, 5) is 8.16. The molecule has 1 aromatic heterocycles. The Morgan fingerprint density at radius 3 is 2.34 bits per heavy atom. The Morgan fingerprint density at radius 2 is 1.78 bits per heavy atom. The Bertz CT molecular complexity index is 872. The maximum atomic E-state index is 13.6. The molecule has 3 N–H and O–H groups in total. The molecule has 0 aliphatic heterocycles. The van der Waals surface area contributed by atoms with Crippen LogP contribution in [-0.4, -0.2) is 34.7 Å². The third kappa shape index (κ3) is 9.19. The highest BCUT2D eigenvalue weighted by molar-refractivity contribution is 14.0. The summed E-state index contributed by atoms with van der Waals surface area (Å²) in [6, 6.07) is 7.27. The van der Waals surface area contributed by atoms with Crippen molar-refractivity contribution in [1.82, 2.24) is 15.6 Å². The van der Waals surface area contributed by atoms with Crippen molar-refractivity contribution in [1.29, 1.82) is 0 Å². The first-order valence-corrected chi connectivity index (χ1v) is 9.99. The van der Waals surface area contributed by atoms with Crippen LogP contribution in [-0.2, 0) is 12.7 Å². The number of rotatable bonds is 7. The molecule has 1 unspecified atom stereocenters. The quantitative estimate of drug-likeness (QED) is 0.258. The molecular weight excluding hydrogens is 536 g/mol. The molecule has 32 heavy (non-hydrogen) atoms. The summed E-state index contributed by atoms with van der Waals surface area (Å²) < 4.78 is 46.4. The van der Waals surface area contributed by atoms with Gasteiger partial charge in [-0.2, -0.15) is 13.2 Å². The average molecular weight is 566 g/mol. The maximum Gasteiger partial charge on any atom is 0.416 e. The van der Waals surface area contributed by atoms with Crippen molar-refractivity contribution in [3.05, 3.63) is 59.4 Å².